The van der Waals surface area contributed by atoms with E-state index >= 15 is 0 Å². The van der Waals surface area contributed by atoms with E-state index < -0.39 is 0 Å². The smallest absolute Gasteiger partial charge is 0.254 e. The van der Waals surface area contributed by atoms with Gasteiger partial charge in [-0.05, 0) is 97.7 Å². The van der Waals surface area contributed by atoms with Gasteiger partial charge in [0.05, 0.1) is 6.07 Å². The van der Waals surface area contributed by atoms with Gasteiger partial charge in [0.1, 0.15) is 6.42 Å². The minimum Gasteiger partial charge on any atom is -0.272 e. The predicted octanol–water partition coefficient (Wildman–Crippen LogP) is 7.71. The number of halogens is 1. The van der Waals surface area contributed by atoms with Gasteiger partial charge in [-0.3, -0.25) is 4.79 Å². The largest absolute Gasteiger partial charge is 0.272 e. The Kier molecular flexibility index (Phi) is 8.26. The molecule has 35 heavy (non-hydrogen) atoms. The van der Waals surface area contributed by atoms with Gasteiger partial charge < -0.3 is 0 Å². The summed E-state index contributed by atoms with van der Waals surface area (Å²) in [5, 5.41) is 13.8. The first-order valence-electron chi connectivity index (χ1n) is 14.5. The van der Waals surface area contributed by atoms with Gasteiger partial charge >= 0.3 is 0 Å². The molecule has 0 aliphatic heterocycles. The first kappa shape index (κ1) is 27.0. The van der Waals surface area contributed by atoms with Crippen LogP contribution in [0.4, 0.5) is 0 Å². The van der Waals surface area contributed by atoms with Crippen molar-refractivity contribution in [3.8, 4) is 6.07 Å². The number of carbonyl (C=O) groups is 1. The molecule has 4 aliphatic carbocycles. The highest BCUT2D eigenvalue weighted by Gasteiger charge is 2.62. The van der Waals surface area contributed by atoms with Crippen LogP contribution in [0.2, 0.25) is 0 Å². The van der Waals surface area contributed by atoms with Crippen molar-refractivity contribution in [1.82, 2.24) is 5.43 Å². The summed E-state index contributed by atoms with van der Waals surface area (Å²) in [5.74, 6) is 4.63. The SMILES string of the molecule is CC(C)CCC[C@@H](C)[C@H]1CC[C@H]2[C@@H]3C/C(=N\NC(=O)CC#N)[C@H]4C[C@@H](Cl)CC[C@]4(C)[C@H]3CC[C@]12C. The fourth-order valence-electron chi connectivity index (χ4n) is 9.41. The predicted molar refractivity (Wildman–Crippen MR) is 144 cm³/mol. The van der Waals surface area contributed by atoms with Crippen LogP contribution in [0.1, 0.15) is 112 Å². The van der Waals surface area contributed by atoms with Gasteiger partial charge in [0.25, 0.3) is 5.91 Å². The highest BCUT2D eigenvalue weighted by molar-refractivity contribution is 6.20. The molecule has 4 aliphatic rings. The van der Waals surface area contributed by atoms with Crippen molar-refractivity contribution in [2.75, 3.05) is 0 Å². The van der Waals surface area contributed by atoms with Crippen LogP contribution < -0.4 is 5.43 Å². The van der Waals surface area contributed by atoms with Crippen LogP contribution in [-0.4, -0.2) is 17.0 Å². The zero-order chi connectivity index (χ0) is 25.4. The minimum absolute atomic E-state index is 0.139. The Morgan fingerprint density at radius 1 is 1.11 bits per heavy atom. The fourth-order valence-corrected chi connectivity index (χ4v) is 9.70. The topological polar surface area (TPSA) is 65.2 Å². The molecule has 0 heterocycles. The average molecular weight is 502 g/mol. The molecule has 4 saturated carbocycles. The molecule has 0 unspecified atom stereocenters. The van der Waals surface area contributed by atoms with Crippen molar-refractivity contribution >= 4 is 23.2 Å². The van der Waals surface area contributed by atoms with Gasteiger partial charge in [-0.15, -0.1) is 11.6 Å². The quantitative estimate of drug-likeness (QED) is 0.286. The van der Waals surface area contributed by atoms with Gasteiger partial charge in [0.15, 0.2) is 0 Å². The molecule has 4 rings (SSSR count). The van der Waals surface area contributed by atoms with Crippen molar-refractivity contribution < 1.29 is 4.79 Å². The molecule has 196 valence electrons. The number of hydrazone groups is 1. The lowest BCUT2D eigenvalue weighted by atomic mass is 9.44. The van der Waals surface area contributed by atoms with Crippen molar-refractivity contribution in [2.24, 2.45) is 57.4 Å². The van der Waals surface area contributed by atoms with Crippen molar-refractivity contribution in [3.05, 3.63) is 0 Å². The second-order valence-electron chi connectivity index (χ2n) is 13.5. The summed E-state index contributed by atoms with van der Waals surface area (Å²) in [6.07, 6.45) is 13.6. The van der Waals surface area contributed by atoms with E-state index in [1.807, 2.05) is 6.07 Å². The molecule has 0 bridgehead atoms. The minimum atomic E-state index is -0.299. The van der Waals surface area contributed by atoms with E-state index in [-0.39, 0.29) is 23.1 Å². The summed E-state index contributed by atoms with van der Waals surface area (Å²) >= 11 is 6.69. The van der Waals surface area contributed by atoms with Crippen LogP contribution in [0.25, 0.3) is 0 Å². The number of rotatable bonds is 7. The third-order valence-corrected chi connectivity index (χ3v) is 11.6. The Bertz CT molecular complexity index is 849. The number of amides is 1. The maximum absolute atomic E-state index is 12.1. The number of nitriles is 1. The van der Waals surface area contributed by atoms with Crippen LogP contribution in [0.3, 0.4) is 0 Å². The highest BCUT2D eigenvalue weighted by Crippen LogP contribution is 2.68. The van der Waals surface area contributed by atoms with Crippen LogP contribution >= 0.6 is 11.6 Å². The zero-order valence-corrected chi connectivity index (χ0v) is 23.5. The van der Waals surface area contributed by atoms with E-state index in [2.05, 4.69) is 40.0 Å². The lowest BCUT2D eigenvalue weighted by Gasteiger charge is -2.61. The molecule has 0 aromatic heterocycles. The van der Waals surface area contributed by atoms with Gasteiger partial charge in [0.2, 0.25) is 0 Å². The summed E-state index contributed by atoms with van der Waals surface area (Å²) in [6, 6.07) is 1.94. The number of nitrogens with zero attached hydrogens (tertiary/aromatic N) is 2. The lowest BCUT2D eigenvalue weighted by molar-refractivity contribution is -0.120. The zero-order valence-electron chi connectivity index (χ0n) is 22.8. The molecule has 9 atom stereocenters. The number of fused-ring (bicyclic) bond motifs is 5. The van der Waals surface area contributed by atoms with Crippen LogP contribution in [0.15, 0.2) is 5.10 Å². The maximum atomic E-state index is 12.1. The van der Waals surface area contributed by atoms with E-state index in [0.29, 0.717) is 17.3 Å². The number of alkyl halides is 1. The monoisotopic (exact) mass is 501 g/mol. The summed E-state index contributed by atoms with van der Waals surface area (Å²) < 4.78 is 0. The fraction of sp³-hybridized carbons (Fsp3) is 0.900. The van der Waals surface area contributed by atoms with E-state index in [9.17, 15) is 4.79 Å². The third-order valence-electron chi connectivity index (χ3n) is 11.2. The van der Waals surface area contributed by atoms with E-state index in [4.69, 9.17) is 22.0 Å². The first-order valence-corrected chi connectivity index (χ1v) is 14.9. The van der Waals surface area contributed by atoms with Crippen LogP contribution in [0.5, 0.6) is 0 Å². The molecule has 5 heteroatoms. The normalized spacial score (nSPS) is 42.6. The van der Waals surface area contributed by atoms with Crippen molar-refractivity contribution in [2.45, 2.75) is 117 Å². The molecule has 0 aromatic carbocycles. The number of hydrogen-bond acceptors (Lipinski definition) is 3. The Morgan fingerprint density at radius 3 is 2.54 bits per heavy atom. The van der Waals surface area contributed by atoms with Gasteiger partial charge in [-0.2, -0.15) is 10.4 Å². The Hall–Kier alpha value is -1.08. The van der Waals surface area contributed by atoms with E-state index in [0.717, 1.165) is 61.0 Å². The van der Waals surface area contributed by atoms with Gasteiger partial charge in [0, 0.05) is 17.0 Å². The van der Waals surface area contributed by atoms with Gasteiger partial charge in [-0.1, -0.05) is 53.9 Å². The second-order valence-corrected chi connectivity index (χ2v) is 14.1. The molecule has 1 amide bonds. The Morgan fingerprint density at radius 2 is 1.83 bits per heavy atom. The molecule has 0 aromatic rings. The average Bonchev–Trinajstić information content (AvgIpc) is 3.15. The van der Waals surface area contributed by atoms with E-state index in [1.165, 1.54) is 44.9 Å². The lowest BCUT2D eigenvalue weighted by Crippen LogP contribution is -2.57. The number of carbonyl (C=O) groups excluding carboxylic acids is 1. The van der Waals surface area contributed by atoms with E-state index in [1.54, 1.807) is 0 Å². The summed E-state index contributed by atoms with van der Waals surface area (Å²) in [5.41, 5.74) is 4.53. The third kappa shape index (κ3) is 5.18. The summed E-state index contributed by atoms with van der Waals surface area (Å²) in [7, 11) is 0. The standard InChI is InChI=1S/C30H48ClN3O/c1-19(2)7-6-8-20(3)23-9-10-24-22-18-27(33-34-28(35)13-16-32)26-17-21(31)11-14-30(26,5)25(22)12-15-29(23,24)4/h19-26H,6-15,17-18H2,1-5H3,(H,34,35)/b33-27+/t20-,21+,22+,23-,24+,25+,26-,29-,30-/m1/s1. The molecule has 0 radical (unpaired) electrons. The van der Waals surface area contributed by atoms with Gasteiger partial charge in [-0.25, -0.2) is 5.43 Å². The summed E-state index contributed by atoms with van der Waals surface area (Å²) in [4.78, 5) is 12.1. The molecule has 4 fully saturated rings. The first-order chi connectivity index (χ1) is 16.6. The maximum Gasteiger partial charge on any atom is 0.254 e. The van der Waals surface area contributed by atoms with Crippen LogP contribution in [-0.2, 0) is 4.79 Å². The molecule has 0 spiro atoms. The highest BCUT2D eigenvalue weighted by atomic mass is 35.5. The number of nitrogens with one attached hydrogen (secondary N) is 1. The summed E-state index contributed by atoms with van der Waals surface area (Å²) in [6.45, 7) is 12.3. The van der Waals surface area contributed by atoms with Crippen molar-refractivity contribution in [1.29, 1.82) is 5.26 Å². The van der Waals surface area contributed by atoms with Crippen molar-refractivity contribution in [3.63, 3.8) is 0 Å². The molecule has 1 N–H and O–H groups in total. The van der Waals surface area contributed by atoms with Crippen LogP contribution in [0, 0.1) is 63.6 Å². The molecule has 4 nitrogen and oxygen atoms in total. The second kappa shape index (κ2) is 10.7. The molecular formula is C30H48ClN3O. The molecular weight excluding hydrogens is 454 g/mol. The number of hydrogen-bond donors (Lipinski definition) is 1. The molecule has 0 saturated heterocycles. The Balaban J connectivity index is 1.57. The Labute approximate surface area is 219 Å².